The van der Waals surface area contributed by atoms with Crippen LogP contribution in [0.3, 0.4) is 0 Å². The fourth-order valence-corrected chi connectivity index (χ4v) is 19.2. The molecule has 0 spiro atoms. The Bertz CT molecular complexity index is 7690. The molecule has 122 heavy (non-hydrogen) atoms. The Balaban J connectivity index is 0.000000127. The number of rotatable bonds is 8. The van der Waals surface area contributed by atoms with Crippen molar-refractivity contribution in [2.45, 2.75) is 105 Å². The number of aromatic nitrogens is 6. The molecular weight excluding hydrogens is 1550 g/mol. The molecule has 0 aliphatic rings. The number of hydrogen-bond acceptors (Lipinski definition) is 2. The minimum atomic E-state index is -1.49. The van der Waals surface area contributed by atoms with Gasteiger partial charge in [0.05, 0.1) is 77.6 Å². The van der Waals surface area contributed by atoms with E-state index in [4.69, 9.17) is 0 Å². The van der Waals surface area contributed by atoms with Crippen LogP contribution in [0, 0.1) is 0 Å². The summed E-state index contributed by atoms with van der Waals surface area (Å²) in [5, 5.41) is 34.5. The molecule has 0 atom stereocenters. The lowest BCUT2D eigenvalue weighted by Crippen LogP contribution is -2.29. The topological polar surface area (TPSA) is 70.0 Å². The second-order valence-electron chi connectivity index (χ2n) is 36.9. The summed E-state index contributed by atoms with van der Waals surface area (Å²) in [5.74, 6) is 0. The van der Waals surface area contributed by atoms with E-state index < -0.39 is 7.12 Å². The Morgan fingerprint density at radius 2 is 0.475 bits per heavy atom. The van der Waals surface area contributed by atoms with E-state index in [1.54, 1.807) is 6.07 Å². The first-order valence-corrected chi connectivity index (χ1v) is 43.3. The third-order valence-corrected chi connectivity index (χ3v) is 25.7. The molecule has 0 aliphatic heterocycles. The van der Waals surface area contributed by atoms with E-state index in [9.17, 15) is 10.0 Å². The van der Waals surface area contributed by atoms with Gasteiger partial charge in [-0.3, -0.25) is 0 Å². The minimum absolute atomic E-state index is 0.0489. The lowest BCUT2D eigenvalue weighted by atomic mass is 9.80. The van der Waals surface area contributed by atoms with Gasteiger partial charge in [-0.25, -0.2) is 0 Å². The molecule has 0 saturated heterocycles. The molecule has 0 amide bonds. The quantitative estimate of drug-likeness (QED) is 0.149. The molecule has 0 saturated carbocycles. The first-order valence-electron chi connectivity index (χ1n) is 42.5. The van der Waals surface area contributed by atoms with E-state index in [0.29, 0.717) is 5.46 Å². The maximum absolute atomic E-state index is 9.67. The summed E-state index contributed by atoms with van der Waals surface area (Å²) in [7, 11) is -1.49. The highest BCUT2D eigenvalue weighted by atomic mass is 79.9. The summed E-state index contributed by atoms with van der Waals surface area (Å²) in [5.41, 5.74) is 29.5. The van der Waals surface area contributed by atoms with E-state index in [2.05, 4.69) is 454 Å². The highest BCUT2D eigenvalue weighted by Crippen LogP contribution is 2.45. The largest absolute Gasteiger partial charge is 0.488 e. The smallest absolute Gasteiger partial charge is 0.423 e. The molecule has 2 N–H and O–H groups in total. The number of hydrogen-bond donors (Lipinski definition) is 2. The molecule has 22 rings (SSSR count). The van der Waals surface area contributed by atoms with Crippen molar-refractivity contribution in [2.75, 3.05) is 0 Å². The zero-order valence-electron chi connectivity index (χ0n) is 71.0. The third kappa shape index (κ3) is 13.2. The summed E-state index contributed by atoms with van der Waals surface area (Å²) in [6.45, 7) is 27.2. The van der Waals surface area contributed by atoms with Gasteiger partial charge in [0.2, 0.25) is 0 Å². The Labute approximate surface area is 720 Å². The van der Waals surface area contributed by atoms with E-state index in [0.717, 1.165) is 43.9 Å². The molecule has 10 heteroatoms. The third-order valence-electron chi connectivity index (χ3n) is 25.1. The monoisotopic (exact) mass is 1650 g/mol. The summed E-state index contributed by atoms with van der Waals surface area (Å²) >= 11 is 3.76. The molecule has 0 unspecified atom stereocenters. The summed E-state index contributed by atoms with van der Waals surface area (Å²) in [6.07, 6.45) is 0. The Morgan fingerprint density at radius 3 is 0.836 bits per heavy atom. The molecule has 0 radical (unpaired) electrons. The van der Waals surface area contributed by atoms with Gasteiger partial charge < -0.3 is 37.5 Å². The van der Waals surface area contributed by atoms with Crippen LogP contribution in [-0.4, -0.2) is 44.6 Å². The van der Waals surface area contributed by atoms with Crippen LogP contribution in [-0.2, 0) is 21.7 Å². The second-order valence-corrected chi connectivity index (χ2v) is 37.8. The van der Waals surface area contributed by atoms with Crippen LogP contribution >= 0.6 is 15.9 Å². The predicted molar refractivity (Wildman–Crippen MR) is 523 cm³/mol. The SMILES string of the molecule is Brc1ccccc1-n1c2ccccc2c2cc(-n3c4ccccc4c4ccccc43)ccc21.CC(C)(C)c1ccc2c(c1)c1cc(C(C)(C)C)ccc1n2-c1cccc(-c2ccccc2-n2c3ccccc3c3cc(-n4c5ccccc5c5ccccc54)ccc32)c1.CC(C)(C)c1ccc2c(c1)c1cc(C(C)(C)C)ccc1n2-c1cccc(B(O)O)c1. The van der Waals surface area contributed by atoms with Crippen molar-refractivity contribution < 1.29 is 10.0 Å². The number of para-hydroxylation sites is 8. The standard InChI is InChI=1S/C56H47N3.C30H19BrN2.C26H30BNO2/c1-55(2,3)37-26-29-52-45(33-37)46-34-38(56(4,5)6)27-30-53(46)57(52)39-17-15-16-36(32-39)41-18-7-11-22-48(41)59-51-25-14-10-21-44(51)47-35-40(28-31-54(47)59)58-49-23-12-8-19-42(49)43-20-9-13-24-50(43)58;31-25-12-4-8-16-30(25)33-28-15-7-3-11-23(28)24-19-20(17-18-29(24)33)32-26-13-5-1-9-21(26)22-10-2-6-14-27(22)32;1-25(2,3)17-10-12-23-21(14-17)22-15-18(26(4,5)6)11-13-24(22)28(23)20-9-7-8-19(16-20)27(29)30/h7-35H,1-6H3;1-19H;7-16,29-30H,1-6H3. The molecule has 0 fully saturated rings. The van der Waals surface area contributed by atoms with Crippen molar-refractivity contribution in [3.05, 3.63) is 379 Å². The van der Waals surface area contributed by atoms with Crippen molar-refractivity contribution in [1.82, 2.24) is 27.4 Å². The minimum Gasteiger partial charge on any atom is -0.423 e. The van der Waals surface area contributed by atoms with Crippen molar-refractivity contribution in [2.24, 2.45) is 0 Å². The molecule has 596 valence electrons. The fraction of sp³-hybridized carbons (Fsp3) is 0.143. The molecule has 0 bridgehead atoms. The van der Waals surface area contributed by atoms with E-state index in [1.807, 2.05) is 18.2 Å². The van der Waals surface area contributed by atoms with Gasteiger partial charge in [-0.1, -0.05) is 271 Å². The predicted octanol–water partition coefficient (Wildman–Crippen LogP) is 28.9. The van der Waals surface area contributed by atoms with Crippen molar-refractivity contribution in [3.63, 3.8) is 0 Å². The molecular formula is C112H96BBrN6O2. The maximum atomic E-state index is 9.67. The molecule has 0 aliphatic carbocycles. The normalized spacial score (nSPS) is 12.4. The van der Waals surface area contributed by atoms with Crippen molar-refractivity contribution in [3.8, 4) is 45.3 Å². The molecule has 8 nitrogen and oxygen atoms in total. The lowest BCUT2D eigenvalue weighted by molar-refractivity contribution is 0.425. The van der Waals surface area contributed by atoms with Gasteiger partial charge in [-0.15, -0.1) is 0 Å². The number of fused-ring (bicyclic) bond motifs is 18. The summed E-state index contributed by atoms with van der Waals surface area (Å²) in [4.78, 5) is 0. The molecule has 6 heterocycles. The lowest BCUT2D eigenvalue weighted by Gasteiger charge is -2.19. The van der Waals surface area contributed by atoms with E-state index in [1.165, 1.54) is 159 Å². The van der Waals surface area contributed by atoms with Crippen molar-refractivity contribution in [1.29, 1.82) is 0 Å². The first-order chi connectivity index (χ1) is 58.8. The summed E-state index contributed by atoms with van der Waals surface area (Å²) in [6, 6.07) is 128. The molecule has 6 aromatic heterocycles. The van der Waals surface area contributed by atoms with Gasteiger partial charge in [-0.2, -0.15) is 0 Å². The van der Waals surface area contributed by atoms with Crippen LogP contribution in [0.4, 0.5) is 0 Å². The second kappa shape index (κ2) is 29.6. The summed E-state index contributed by atoms with van der Waals surface area (Å²) < 4.78 is 15.4. The highest BCUT2D eigenvalue weighted by molar-refractivity contribution is 9.10. The van der Waals surface area contributed by atoms with Crippen LogP contribution in [0.5, 0.6) is 0 Å². The molecule has 22 aromatic rings. The van der Waals surface area contributed by atoms with Crippen molar-refractivity contribution >= 4 is 159 Å². The Morgan fingerprint density at radius 1 is 0.213 bits per heavy atom. The average molecular weight is 1650 g/mol. The van der Waals surface area contributed by atoms with Crippen LogP contribution < -0.4 is 5.46 Å². The zero-order valence-corrected chi connectivity index (χ0v) is 72.6. The maximum Gasteiger partial charge on any atom is 0.488 e. The Hall–Kier alpha value is -13.2. The fourth-order valence-electron chi connectivity index (χ4n) is 18.8. The van der Waals surface area contributed by atoms with Gasteiger partial charge in [0.15, 0.2) is 0 Å². The van der Waals surface area contributed by atoms with E-state index in [-0.39, 0.29) is 21.7 Å². The van der Waals surface area contributed by atoms with Gasteiger partial charge in [0, 0.05) is 97.4 Å². The first kappa shape index (κ1) is 77.4. The van der Waals surface area contributed by atoms with Gasteiger partial charge in [0.25, 0.3) is 0 Å². The van der Waals surface area contributed by atoms with Crippen LogP contribution in [0.2, 0.25) is 0 Å². The number of halogens is 1. The van der Waals surface area contributed by atoms with Gasteiger partial charge in [-0.05, 0) is 235 Å². The average Bonchev–Trinajstić information content (AvgIpc) is 1.57. The van der Waals surface area contributed by atoms with E-state index >= 15 is 0 Å². The van der Waals surface area contributed by atoms with Gasteiger partial charge in [0.1, 0.15) is 0 Å². The van der Waals surface area contributed by atoms with Crippen LogP contribution in [0.25, 0.3) is 176 Å². The molecule has 16 aromatic carbocycles. The van der Waals surface area contributed by atoms with Crippen LogP contribution in [0.15, 0.2) is 356 Å². The number of benzene rings is 16. The Kier molecular flexibility index (Phi) is 18.8. The number of nitrogens with zero attached hydrogens (tertiary/aromatic N) is 6. The zero-order chi connectivity index (χ0) is 84.0. The van der Waals surface area contributed by atoms with Crippen LogP contribution in [0.1, 0.15) is 105 Å². The van der Waals surface area contributed by atoms with Gasteiger partial charge >= 0.3 is 7.12 Å². The highest BCUT2D eigenvalue weighted by Gasteiger charge is 2.27.